The predicted octanol–water partition coefficient (Wildman–Crippen LogP) is -0.0570. The van der Waals surface area contributed by atoms with Crippen LogP contribution in [-0.4, -0.2) is 51.1 Å². The standard InChI is InChI=1S/C10H19NO4/c1-4-11-10(2,9(12)13-3)7-15-8-5-14-6-8/h8,11H,4-7H2,1-3H3. The number of ether oxygens (including phenoxy) is 3. The van der Waals surface area contributed by atoms with Gasteiger partial charge in [0.25, 0.3) is 0 Å². The third-order valence-electron chi connectivity index (χ3n) is 2.42. The monoisotopic (exact) mass is 217 g/mol. The summed E-state index contributed by atoms with van der Waals surface area (Å²) in [6, 6.07) is 0. The first-order valence-corrected chi connectivity index (χ1v) is 5.15. The molecule has 0 aromatic rings. The van der Waals surface area contributed by atoms with E-state index < -0.39 is 5.54 Å². The molecule has 0 aliphatic carbocycles. The molecule has 0 spiro atoms. The van der Waals surface area contributed by atoms with Gasteiger partial charge in [-0.3, -0.25) is 0 Å². The van der Waals surface area contributed by atoms with Crippen LogP contribution in [0, 0.1) is 0 Å². The number of hydrogen-bond acceptors (Lipinski definition) is 5. The molecule has 1 aliphatic heterocycles. The maximum atomic E-state index is 11.5. The molecule has 0 aromatic heterocycles. The Kier molecular flexibility index (Phi) is 4.50. The summed E-state index contributed by atoms with van der Waals surface area (Å²) >= 11 is 0. The van der Waals surface area contributed by atoms with Crippen molar-refractivity contribution in [2.24, 2.45) is 0 Å². The smallest absolute Gasteiger partial charge is 0.328 e. The fourth-order valence-corrected chi connectivity index (χ4v) is 1.39. The average Bonchev–Trinajstić information content (AvgIpc) is 2.14. The molecule has 1 aliphatic rings. The Hall–Kier alpha value is -0.650. The maximum absolute atomic E-state index is 11.5. The fraction of sp³-hybridized carbons (Fsp3) is 0.900. The van der Waals surface area contributed by atoms with Gasteiger partial charge in [0, 0.05) is 0 Å². The first-order chi connectivity index (χ1) is 7.12. The molecule has 0 amide bonds. The Bertz CT molecular complexity index is 217. The lowest BCUT2D eigenvalue weighted by molar-refractivity contribution is -0.163. The summed E-state index contributed by atoms with van der Waals surface area (Å²) in [5.41, 5.74) is -0.765. The van der Waals surface area contributed by atoms with Gasteiger partial charge >= 0.3 is 5.97 Å². The second kappa shape index (κ2) is 5.44. The lowest BCUT2D eigenvalue weighted by atomic mass is 10.0. The van der Waals surface area contributed by atoms with Crippen molar-refractivity contribution in [2.45, 2.75) is 25.5 Å². The van der Waals surface area contributed by atoms with Crippen LogP contribution in [0.15, 0.2) is 0 Å². The van der Waals surface area contributed by atoms with Crippen molar-refractivity contribution >= 4 is 5.97 Å². The summed E-state index contributed by atoms with van der Waals surface area (Å²) in [5, 5.41) is 3.07. The number of nitrogens with one attached hydrogen (secondary N) is 1. The van der Waals surface area contributed by atoms with E-state index in [-0.39, 0.29) is 12.1 Å². The normalized spacial score (nSPS) is 20.5. The summed E-state index contributed by atoms with van der Waals surface area (Å²) in [4.78, 5) is 11.5. The Morgan fingerprint density at radius 2 is 2.27 bits per heavy atom. The zero-order chi connectivity index (χ0) is 11.3. The fourth-order valence-electron chi connectivity index (χ4n) is 1.39. The van der Waals surface area contributed by atoms with Crippen LogP contribution in [0.3, 0.4) is 0 Å². The van der Waals surface area contributed by atoms with Crippen molar-refractivity contribution in [3.8, 4) is 0 Å². The van der Waals surface area contributed by atoms with Gasteiger partial charge in [-0.1, -0.05) is 6.92 Å². The zero-order valence-electron chi connectivity index (χ0n) is 9.54. The molecule has 1 saturated heterocycles. The highest BCUT2D eigenvalue weighted by Gasteiger charge is 2.35. The van der Waals surface area contributed by atoms with Gasteiger partial charge < -0.3 is 19.5 Å². The Balaban J connectivity index is 2.43. The van der Waals surface area contributed by atoms with Crippen LogP contribution in [0.5, 0.6) is 0 Å². The lowest BCUT2D eigenvalue weighted by Gasteiger charge is -2.32. The molecule has 0 saturated carbocycles. The number of esters is 1. The van der Waals surface area contributed by atoms with Crippen molar-refractivity contribution in [3.63, 3.8) is 0 Å². The van der Waals surface area contributed by atoms with Gasteiger partial charge in [-0.15, -0.1) is 0 Å². The topological polar surface area (TPSA) is 56.8 Å². The Morgan fingerprint density at radius 1 is 1.60 bits per heavy atom. The molecule has 1 atom stereocenters. The van der Waals surface area contributed by atoms with Gasteiger partial charge in [0.1, 0.15) is 11.6 Å². The Labute approximate surface area is 90.1 Å². The first kappa shape index (κ1) is 12.4. The number of carbonyl (C=O) groups is 1. The molecular formula is C10H19NO4. The third-order valence-corrected chi connectivity index (χ3v) is 2.42. The second-order valence-electron chi connectivity index (χ2n) is 3.82. The first-order valence-electron chi connectivity index (χ1n) is 5.15. The maximum Gasteiger partial charge on any atom is 0.328 e. The SMILES string of the molecule is CCNC(C)(COC1COC1)C(=O)OC. The summed E-state index contributed by atoms with van der Waals surface area (Å²) in [6.45, 7) is 5.94. The van der Waals surface area contributed by atoms with E-state index in [0.29, 0.717) is 26.4 Å². The molecule has 5 heteroatoms. The predicted molar refractivity (Wildman–Crippen MR) is 54.7 cm³/mol. The highest BCUT2D eigenvalue weighted by molar-refractivity contribution is 5.80. The van der Waals surface area contributed by atoms with E-state index in [1.807, 2.05) is 6.92 Å². The molecular weight excluding hydrogens is 198 g/mol. The van der Waals surface area contributed by atoms with Crippen LogP contribution < -0.4 is 5.32 Å². The molecule has 1 N–H and O–H groups in total. The number of rotatable bonds is 6. The van der Waals surface area contributed by atoms with E-state index in [0.717, 1.165) is 0 Å². The lowest BCUT2D eigenvalue weighted by Crippen LogP contribution is -2.55. The highest BCUT2D eigenvalue weighted by Crippen LogP contribution is 2.12. The number of hydrogen-bond donors (Lipinski definition) is 1. The minimum atomic E-state index is -0.765. The summed E-state index contributed by atoms with van der Waals surface area (Å²) in [5.74, 6) is -0.301. The average molecular weight is 217 g/mol. The van der Waals surface area contributed by atoms with Gasteiger partial charge in [0.2, 0.25) is 0 Å². The molecule has 0 radical (unpaired) electrons. The van der Waals surface area contributed by atoms with E-state index in [9.17, 15) is 4.79 Å². The van der Waals surface area contributed by atoms with Crippen LogP contribution in [0.1, 0.15) is 13.8 Å². The molecule has 1 heterocycles. The van der Waals surface area contributed by atoms with Gasteiger partial charge in [-0.25, -0.2) is 4.79 Å². The van der Waals surface area contributed by atoms with Crippen molar-refractivity contribution in [1.82, 2.24) is 5.32 Å². The Morgan fingerprint density at radius 3 is 2.67 bits per heavy atom. The van der Waals surface area contributed by atoms with Crippen molar-refractivity contribution in [2.75, 3.05) is 33.5 Å². The summed E-state index contributed by atoms with van der Waals surface area (Å²) in [7, 11) is 1.38. The van der Waals surface area contributed by atoms with Gasteiger partial charge in [0.15, 0.2) is 0 Å². The van der Waals surface area contributed by atoms with Crippen molar-refractivity contribution in [1.29, 1.82) is 0 Å². The van der Waals surface area contributed by atoms with E-state index in [1.165, 1.54) is 7.11 Å². The molecule has 0 aromatic carbocycles. The number of likely N-dealkylation sites (N-methyl/N-ethyl adjacent to an activating group) is 1. The van der Waals surface area contributed by atoms with Crippen LogP contribution in [0.2, 0.25) is 0 Å². The number of methoxy groups -OCH3 is 1. The van der Waals surface area contributed by atoms with Crippen LogP contribution in [0.4, 0.5) is 0 Å². The van der Waals surface area contributed by atoms with Crippen LogP contribution >= 0.6 is 0 Å². The highest BCUT2D eigenvalue weighted by atomic mass is 16.6. The molecule has 5 nitrogen and oxygen atoms in total. The summed E-state index contributed by atoms with van der Waals surface area (Å²) in [6.07, 6.45) is 0.118. The van der Waals surface area contributed by atoms with Gasteiger partial charge in [0.05, 0.1) is 26.9 Å². The number of carbonyl (C=O) groups excluding carboxylic acids is 1. The second-order valence-corrected chi connectivity index (χ2v) is 3.82. The molecule has 0 bridgehead atoms. The van der Waals surface area contributed by atoms with E-state index >= 15 is 0 Å². The van der Waals surface area contributed by atoms with Gasteiger partial charge in [-0.05, 0) is 13.5 Å². The van der Waals surface area contributed by atoms with Crippen molar-refractivity contribution < 1.29 is 19.0 Å². The molecule has 15 heavy (non-hydrogen) atoms. The molecule has 1 unspecified atom stereocenters. The molecule has 1 rings (SSSR count). The zero-order valence-corrected chi connectivity index (χ0v) is 9.54. The van der Waals surface area contributed by atoms with Crippen LogP contribution in [0.25, 0.3) is 0 Å². The minimum absolute atomic E-state index is 0.118. The summed E-state index contributed by atoms with van der Waals surface area (Å²) < 4.78 is 15.3. The van der Waals surface area contributed by atoms with E-state index in [4.69, 9.17) is 14.2 Å². The van der Waals surface area contributed by atoms with Crippen LogP contribution in [-0.2, 0) is 19.0 Å². The molecule has 1 fully saturated rings. The van der Waals surface area contributed by atoms with Crippen molar-refractivity contribution in [3.05, 3.63) is 0 Å². The van der Waals surface area contributed by atoms with Gasteiger partial charge in [-0.2, -0.15) is 0 Å². The van der Waals surface area contributed by atoms with E-state index in [1.54, 1.807) is 6.92 Å². The minimum Gasteiger partial charge on any atom is -0.468 e. The molecule has 88 valence electrons. The third kappa shape index (κ3) is 3.15. The quantitative estimate of drug-likeness (QED) is 0.632. The largest absolute Gasteiger partial charge is 0.468 e. The van der Waals surface area contributed by atoms with E-state index in [2.05, 4.69) is 5.32 Å².